The number of benzene rings is 1. The molecule has 1 aliphatic rings. The molecule has 0 atom stereocenters. The van der Waals surface area contributed by atoms with E-state index < -0.39 is 0 Å². The molecule has 0 saturated carbocycles. The fourth-order valence-electron chi connectivity index (χ4n) is 3.52. The standard InChI is InChI=1S/C20H22Cl2N4/c1-14-3-6-19-24-20(16-5-4-15(21)11-17(16)22)18(26(19)12-14)13-25-9-2-7-23-8-10-25/h3-6,11-12,23H,2,7-10,13H2,1H3. The van der Waals surface area contributed by atoms with Crippen molar-refractivity contribution in [3.05, 3.63) is 57.8 Å². The molecule has 26 heavy (non-hydrogen) atoms. The normalized spacial score (nSPS) is 16.1. The van der Waals surface area contributed by atoms with Crippen LogP contribution in [0.25, 0.3) is 16.9 Å². The molecule has 0 amide bonds. The fourth-order valence-corrected chi connectivity index (χ4v) is 4.02. The second-order valence-electron chi connectivity index (χ2n) is 6.85. The Hall–Kier alpha value is -1.59. The van der Waals surface area contributed by atoms with Gasteiger partial charge in [0.05, 0.1) is 16.4 Å². The Bertz CT molecular complexity index is 927. The Morgan fingerprint density at radius 2 is 2.00 bits per heavy atom. The Kier molecular flexibility index (Phi) is 5.18. The second-order valence-corrected chi connectivity index (χ2v) is 7.69. The van der Waals surface area contributed by atoms with Crippen molar-refractivity contribution in [2.45, 2.75) is 19.9 Å². The molecule has 4 rings (SSSR count). The summed E-state index contributed by atoms with van der Waals surface area (Å²) in [4.78, 5) is 7.38. The van der Waals surface area contributed by atoms with Gasteiger partial charge in [-0.15, -0.1) is 0 Å². The lowest BCUT2D eigenvalue weighted by atomic mass is 10.1. The highest BCUT2D eigenvalue weighted by molar-refractivity contribution is 6.36. The second kappa shape index (κ2) is 7.57. The van der Waals surface area contributed by atoms with Gasteiger partial charge in [-0.3, -0.25) is 4.90 Å². The van der Waals surface area contributed by atoms with E-state index in [2.05, 4.69) is 39.9 Å². The van der Waals surface area contributed by atoms with E-state index in [1.165, 1.54) is 11.3 Å². The minimum absolute atomic E-state index is 0.636. The number of halogens is 2. The van der Waals surface area contributed by atoms with Gasteiger partial charge in [0.1, 0.15) is 5.65 Å². The molecule has 3 aromatic rings. The molecule has 1 aromatic carbocycles. The molecule has 6 heteroatoms. The van der Waals surface area contributed by atoms with Crippen molar-refractivity contribution in [3.63, 3.8) is 0 Å². The number of nitrogens with zero attached hydrogens (tertiary/aromatic N) is 3. The number of fused-ring (bicyclic) bond motifs is 1. The molecule has 3 heterocycles. The van der Waals surface area contributed by atoms with Crippen LogP contribution in [0.1, 0.15) is 17.7 Å². The highest BCUT2D eigenvalue weighted by atomic mass is 35.5. The van der Waals surface area contributed by atoms with Crippen LogP contribution in [0.4, 0.5) is 0 Å². The maximum Gasteiger partial charge on any atom is 0.137 e. The summed E-state index contributed by atoms with van der Waals surface area (Å²) in [6.45, 7) is 7.17. The number of aromatic nitrogens is 2. The zero-order chi connectivity index (χ0) is 18.1. The Morgan fingerprint density at radius 1 is 1.12 bits per heavy atom. The summed E-state index contributed by atoms with van der Waals surface area (Å²) in [6, 6.07) is 9.78. The number of aryl methyl sites for hydroxylation is 1. The van der Waals surface area contributed by atoms with Crippen molar-refractivity contribution < 1.29 is 0 Å². The smallest absolute Gasteiger partial charge is 0.137 e. The van der Waals surface area contributed by atoms with E-state index >= 15 is 0 Å². The molecule has 136 valence electrons. The molecular formula is C20H22Cl2N4. The van der Waals surface area contributed by atoms with E-state index in [0.717, 1.165) is 56.0 Å². The van der Waals surface area contributed by atoms with Crippen molar-refractivity contribution >= 4 is 28.8 Å². The van der Waals surface area contributed by atoms with Crippen molar-refractivity contribution in [2.75, 3.05) is 26.2 Å². The Labute approximate surface area is 163 Å². The lowest BCUT2D eigenvalue weighted by Crippen LogP contribution is -2.28. The van der Waals surface area contributed by atoms with Gasteiger partial charge in [0.2, 0.25) is 0 Å². The van der Waals surface area contributed by atoms with Crippen molar-refractivity contribution in [3.8, 4) is 11.3 Å². The fraction of sp³-hybridized carbons (Fsp3) is 0.350. The lowest BCUT2D eigenvalue weighted by Gasteiger charge is -2.20. The number of pyridine rings is 1. The summed E-state index contributed by atoms with van der Waals surface area (Å²) in [7, 11) is 0. The summed E-state index contributed by atoms with van der Waals surface area (Å²) in [6.07, 6.45) is 3.31. The molecule has 2 aromatic heterocycles. The van der Waals surface area contributed by atoms with Crippen molar-refractivity contribution in [2.24, 2.45) is 0 Å². The molecule has 0 radical (unpaired) electrons. The van der Waals surface area contributed by atoms with Gasteiger partial charge in [-0.25, -0.2) is 4.98 Å². The van der Waals surface area contributed by atoms with Gasteiger partial charge in [0, 0.05) is 36.4 Å². The molecule has 0 unspecified atom stereocenters. The summed E-state index contributed by atoms with van der Waals surface area (Å²) >= 11 is 12.6. The first-order valence-corrected chi connectivity index (χ1v) is 9.73. The van der Waals surface area contributed by atoms with Crippen LogP contribution in [0.15, 0.2) is 36.5 Å². The lowest BCUT2D eigenvalue weighted by molar-refractivity contribution is 0.281. The Morgan fingerprint density at radius 3 is 2.85 bits per heavy atom. The van der Waals surface area contributed by atoms with E-state index in [1.807, 2.05) is 12.1 Å². The summed E-state index contributed by atoms with van der Waals surface area (Å²) < 4.78 is 2.20. The minimum atomic E-state index is 0.636. The zero-order valence-corrected chi connectivity index (χ0v) is 16.3. The first-order valence-electron chi connectivity index (χ1n) is 8.98. The average Bonchev–Trinajstić information content (AvgIpc) is 2.79. The predicted molar refractivity (Wildman–Crippen MR) is 108 cm³/mol. The molecule has 1 N–H and O–H groups in total. The monoisotopic (exact) mass is 388 g/mol. The summed E-state index contributed by atoms with van der Waals surface area (Å²) in [5, 5.41) is 4.74. The van der Waals surface area contributed by atoms with Crippen LogP contribution in [0.5, 0.6) is 0 Å². The minimum Gasteiger partial charge on any atom is -0.315 e. The molecular weight excluding hydrogens is 367 g/mol. The van der Waals surface area contributed by atoms with Gasteiger partial charge in [-0.1, -0.05) is 29.3 Å². The van der Waals surface area contributed by atoms with E-state index in [9.17, 15) is 0 Å². The highest BCUT2D eigenvalue weighted by Gasteiger charge is 2.20. The van der Waals surface area contributed by atoms with Crippen LogP contribution in [-0.2, 0) is 6.54 Å². The van der Waals surface area contributed by atoms with E-state index in [1.54, 1.807) is 6.07 Å². The number of hydrogen-bond acceptors (Lipinski definition) is 3. The number of rotatable bonds is 3. The Balaban J connectivity index is 1.83. The number of nitrogens with one attached hydrogen (secondary N) is 1. The third-order valence-electron chi connectivity index (χ3n) is 4.86. The van der Waals surface area contributed by atoms with Crippen molar-refractivity contribution in [1.29, 1.82) is 0 Å². The number of hydrogen-bond donors (Lipinski definition) is 1. The van der Waals surface area contributed by atoms with Gasteiger partial charge < -0.3 is 9.72 Å². The maximum absolute atomic E-state index is 6.51. The van der Waals surface area contributed by atoms with E-state index in [-0.39, 0.29) is 0 Å². The van der Waals surface area contributed by atoms with E-state index in [0.29, 0.717) is 10.0 Å². The van der Waals surface area contributed by atoms with Crippen LogP contribution in [0.2, 0.25) is 10.0 Å². The first-order chi connectivity index (χ1) is 12.6. The summed E-state index contributed by atoms with van der Waals surface area (Å²) in [5.74, 6) is 0. The molecule has 1 saturated heterocycles. The SMILES string of the molecule is Cc1ccc2nc(-c3ccc(Cl)cc3Cl)c(CN3CCCNCC3)n2c1. The highest BCUT2D eigenvalue weighted by Crippen LogP contribution is 2.33. The average molecular weight is 389 g/mol. The maximum atomic E-state index is 6.51. The quantitative estimate of drug-likeness (QED) is 0.720. The van der Waals surface area contributed by atoms with Gasteiger partial charge in [0.15, 0.2) is 0 Å². The van der Waals surface area contributed by atoms with Crippen LogP contribution in [-0.4, -0.2) is 40.5 Å². The van der Waals surface area contributed by atoms with Crippen LogP contribution in [0.3, 0.4) is 0 Å². The molecule has 0 aliphatic carbocycles. The third-order valence-corrected chi connectivity index (χ3v) is 5.41. The van der Waals surface area contributed by atoms with Crippen LogP contribution in [0, 0.1) is 6.92 Å². The van der Waals surface area contributed by atoms with Gasteiger partial charge in [-0.2, -0.15) is 0 Å². The van der Waals surface area contributed by atoms with Crippen LogP contribution >= 0.6 is 23.2 Å². The van der Waals surface area contributed by atoms with E-state index in [4.69, 9.17) is 28.2 Å². The molecule has 1 fully saturated rings. The largest absolute Gasteiger partial charge is 0.315 e. The number of imidazole rings is 1. The summed E-state index contributed by atoms with van der Waals surface area (Å²) in [5.41, 5.74) is 5.20. The molecule has 1 aliphatic heterocycles. The van der Waals surface area contributed by atoms with Gasteiger partial charge in [-0.05, 0) is 56.3 Å². The molecule has 4 nitrogen and oxygen atoms in total. The predicted octanol–water partition coefficient (Wildman–Crippen LogP) is 4.41. The van der Waals surface area contributed by atoms with Crippen LogP contribution < -0.4 is 5.32 Å². The molecule has 0 bridgehead atoms. The van der Waals surface area contributed by atoms with Gasteiger partial charge in [0.25, 0.3) is 0 Å². The van der Waals surface area contributed by atoms with Crippen molar-refractivity contribution in [1.82, 2.24) is 19.6 Å². The first kappa shape index (κ1) is 17.8. The van der Waals surface area contributed by atoms with Gasteiger partial charge >= 0.3 is 0 Å². The molecule has 0 spiro atoms. The third kappa shape index (κ3) is 3.60. The topological polar surface area (TPSA) is 32.6 Å². The zero-order valence-electron chi connectivity index (χ0n) is 14.8.